The number of rotatable bonds is 5. The van der Waals surface area contributed by atoms with Gasteiger partial charge in [-0.25, -0.2) is 4.68 Å². The fourth-order valence-corrected chi connectivity index (χ4v) is 2.85. The van der Waals surface area contributed by atoms with Crippen LogP contribution in [0.3, 0.4) is 0 Å². The van der Waals surface area contributed by atoms with Gasteiger partial charge in [-0.2, -0.15) is 0 Å². The summed E-state index contributed by atoms with van der Waals surface area (Å²) < 4.78 is 7.26. The predicted octanol–water partition coefficient (Wildman–Crippen LogP) is 2.16. The highest BCUT2D eigenvalue weighted by molar-refractivity contribution is 6.03. The lowest BCUT2D eigenvalue weighted by molar-refractivity contribution is 0.102. The number of anilines is 1. The van der Waals surface area contributed by atoms with Crippen LogP contribution in [0.1, 0.15) is 41.9 Å². The molecule has 1 saturated heterocycles. The van der Waals surface area contributed by atoms with E-state index in [0.29, 0.717) is 18.3 Å². The fraction of sp³-hybridized carbons (Fsp3) is 0.471. The molecule has 0 saturated carbocycles. The van der Waals surface area contributed by atoms with Crippen molar-refractivity contribution in [2.24, 2.45) is 0 Å². The summed E-state index contributed by atoms with van der Waals surface area (Å²) in [4.78, 5) is 12.4. The summed E-state index contributed by atoms with van der Waals surface area (Å²) in [6.45, 7) is 6.43. The van der Waals surface area contributed by atoms with Crippen molar-refractivity contribution in [2.75, 3.05) is 25.0 Å². The average Bonchev–Trinajstić information content (AvgIpc) is 3.08. The molecule has 0 unspecified atom stereocenters. The van der Waals surface area contributed by atoms with Crippen molar-refractivity contribution in [2.45, 2.75) is 32.7 Å². The molecule has 128 valence electrons. The highest BCUT2D eigenvalue weighted by Crippen LogP contribution is 2.22. The number of aromatic nitrogens is 3. The average molecular weight is 329 g/mol. The molecule has 0 bridgehead atoms. The molecule has 2 N–H and O–H groups in total. The lowest BCUT2D eigenvalue weighted by atomic mass is 10.1. The topological polar surface area (TPSA) is 81.1 Å². The van der Waals surface area contributed by atoms with E-state index in [1.54, 1.807) is 10.9 Å². The Labute approximate surface area is 141 Å². The maximum absolute atomic E-state index is 12.4. The van der Waals surface area contributed by atoms with E-state index in [1.807, 2.05) is 32.0 Å². The number of carbonyl (C=O) groups is 1. The van der Waals surface area contributed by atoms with Crippen molar-refractivity contribution in [3.8, 4) is 5.75 Å². The zero-order chi connectivity index (χ0) is 16.9. The van der Waals surface area contributed by atoms with Crippen LogP contribution in [0, 0.1) is 6.92 Å². The first-order valence-electron chi connectivity index (χ1n) is 8.34. The molecule has 3 rings (SSSR count). The first kappa shape index (κ1) is 16.4. The molecule has 0 spiro atoms. The Morgan fingerprint density at radius 1 is 1.42 bits per heavy atom. The van der Waals surface area contributed by atoms with Gasteiger partial charge >= 0.3 is 0 Å². The van der Waals surface area contributed by atoms with Gasteiger partial charge in [0.25, 0.3) is 5.91 Å². The number of hydrogen-bond acceptors (Lipinski definition) is 5. The summed E-state index contributed by atoms with van der Waals surface area (Å²) in [6.07, 6.45) is 3.74. The normalized spacial score (nSPS) is 15.2. The molecule has 1 aromatic carbocycles. The maximum atomic E-state index is 12.4. The number of benzene rings is 1. The van der Waals surface area contributed by atoms with Crippen molar-refractivity contribution in [1.29, 1.82) is 0 Å². The number of nitrogens with zero attached hydrogens (tertiary/aromatic N) is 3. The van der Waals surface area contributed by atoms with E-state index >= 15 is 0 Å². The number of nitrogens with one attached hydrogen (secondary N) is 2. The predicted molar refractivity (Wildman–Crippen MR) is 91.5 cm³/mol. The molecular weight excluding hydrogens is 306 g/mol. The van der Waals surface area contributed by atoms with Gasteiger partial charge < -0.3 is 15.4 Å². The summed E-state index contributed by atoms with van der Waals surface area (Å²) in [5, 5.41) is 14.3. The van der Waals surface area contributed by atoms with Gasteiger partial charge in [0.2, 0.25) is 0 Å². The van der Waals surface area contributed by atoms with Gasteiger partial charge in [-0.15, -0.1) is 5.10 Å². The molecule has 1 fully saturated rings. The van der Waals surface area contributed by atoms with Crippen LogP contribution in [0.25, 0.3) is 0 Å². The van der Waals surface area contributed by atoms with Crippen molar-refractivity contribution in [1.82, 2.24) is 20.3 Å². The van der Waals surface area contributed by atoms with Gasteiger partial charge in [0, 0.05) is 5.69 Å². The van der Waals surface area contributed by atoms with Gasteiger partial charge in [-0.3, -0.25) is 4.79 Å². The Kier molecular flexibility index (Phi) is 5.10. The van der Waals surface area contributed by atoms with E-state index < -0.39 is 0 Å². The number of amides is 1. The Balaban J connectivity index is 1.67. The standard InChI is InChI=1S/C17H23N5O2/c1-3-24-14-4-5-15(12(2)10-14)19-17(23)16-11-22(21-20-16)13-6-8-18-9-7-13/h4-5,10-11,13,18H,3,6-9H2,1-2H3,(H,19,23). The Hall–Kier alpha value is -2.41. The van der Waals surface area contributed by atoms with Crippen LogP contribution in [0.5, 0.6) is 5.75 Å². The Morgan fingerprint density at radius 3 is 2.92 bits per heavy atom. The van der Waals surface area contributed by atoms with Crippen LogP contribution < -0.4 is 15.4 Å². The Morgan fingerprint density at radius 2 is 2.21 bits per heavy atom. The fourth-order valence-electron chi connectivity index (χ4n) is 2.85. The molecule has 2 heterocycles. The van der Waals surface area contributed by atoms with Crippen molar-refractivity contribution < 1.29 is 9.53 Å². The zero-order valence-corrected chi connectivity index (χ0v) is 14.1. The van der Waals surface area contributed by atoms with Crippen molar-refractivity contribution >= 4 is 11.6 Å². The summed E-state index contributed by atoms with van der Waals surface area (Å²) in [7, 11) is 0. The van der Waals surface area contributed by atoms with Gasteiger partial charge in [0.05, 0.1) is 18.8 Å². The van der Waals surface area contributed by atoms with Crippen LogP contribution in [0.4, 0.5) is 5.69 Å². The van der Waals surface area contributed by atoms with E-state index in [9.17, 15) is 4.79 Å². The second kappa shape index (κ2) is 7.44. The first-order chi connectivity index (χ1) is 11.7. The summed E-state index contributed by atoms with van der Waals surface area (Å²) in [6, 6.07) is 5.91. The third-order valence-electron chi connectivity index (χ3n) is 4.18. The molecule has 1 aliphatic heterocycles. The molecule has 1 aromatic heterocycles. The van der Waals surface area contributed by atoms with Gasteiger partial charge in [-0.05, 0) is 63.5 Å². The van der Waals surface area contributed by atoms with Gasteiger partial charge in [0.1, 0.15) is 5.75 Å². The summed E-state index contributed by atoms with van der Waals surface area (Å²) in [5.74, 6) is 0.548. The molecule has 0 atom stereocenters. The lowest BCUT2D eigenvalue weighted by Crippen LogP contribution is -2.29. The second-order valence-corrected chi connectivity index (χ2v) is 5.93. The molecule has 7 heteroatoms. The third kappa shape index (κ3) is 3.73. The minimum atomic E-state index is -0.248. The maximum Gasteiger partial charge on any atom is 0.277 e. The number of carbonyl (C=O) groups excluding carboxylic acids is 1. The smallest absolute Gasteiger partial charge is 0.277 e. The van der Waals surface area contributed by atoms with Crippen LogP contribution in [-0.2, 0) is 0 Å². The quantitative estimate of drug-likeness (QED) is 0.878. The zero-order valence-electron chi connectivity index (χ0n) is 14.1. The van der Waals surface area contributed by atoms with E-state index in [2.05, 4.69) is 20.9 Å². The molecule has 1 amide bonds. The molecule has 0 aliphatic carbocycles. The Bertz CT molecular complexity index is 707. The minimum Gasteiger partial charge on any atom is -0.494 e. The van der Waals surface area contributed by atoms with E-state index in [4.69, 9.17) is 4.74 Å². The van der Waals surface area contributed by atoms with Crippen LogP contribution in [0.2, 0.25) is 0 Å². The van der Waals surface area contributed by atoms with Crippen LogP contribution >= 0.6 is 0 Å². The van der Waals surface area contributed by atoms with Crippen molar-refractivity contribution in [3.63, 3.8) is 0 Å². The molecule has 1 aliphatic rings. The highest BCUT2D eigenvalue weighted by atomic mass is 16.5. The third-order valence-corrected chi connectivity index (χ3v) is 4.18. The van der Waals surface area contributed by atoms with Gasteiger partial charge in [-0.1, -0.05) is 5.21 Å². The number of ether oxygens (including phenoxy) is 1. The van der Waals surface area contributed by atoms with Gasteiger partial charge in [0.15, 0.2) is 5.69 Å². The molecule has 0 radical (unpaired) electrons. The van der Waals surface area contributed by atoms with E-state index in [-0.39, 0.29) is 5.91 Å². The van der Waals surface area contributed by atoms with E-state index in [1.165, 1.54) is 0 Å². The highest BCUT2D eigenvalue weighted by Gasteiger charge is 2.19. The largest absolute Gasteiger partial charge is 0.494 e. The lowest BCUT2D eigenvalue weighted by Gasteiger charge is -2.22. The van der Waals surface area contributed by atoms with E-state index in [0.717, 1.165) is 42.9 Å². The number of aryl methyl sites for hydroxylation is 1. The SMILES string of the molecule is CCOc1ccc(NC(=O)c2cn(C3CCNCC3)nn2)c(C)c1. The van der Waals surface area contributed by atoms with Crippen LogP contribution in [-0.4, -0.2) is 40.6 Å². The molecule has 2 aromatic rings. The monoisotopic (exact) mass is 329 g/mol. The summed E-state index contributed by atoms with van der Waals surface area (Å²) in [5.41, 5.74) is 2.03. The molecule has 7 nitrogen and oxygen atoms in total. The molecular formula is C17H23N5O2. The second-order valence-electron chi connectivity index (χ2n) is 5.93. The number of hydrogen-bond donors (Lipinski definition) is 2. The van der Waals surface area contributed by atoms with Crippen LogP contribution in [0.15, 0.2) is 24.4 Å². The molecule has 24 heavy (non-hydrogen) atoms. The summed E-state index contributed by atoms with van der Waals surface area (Å²) >= 11 is 0. The first-order valence-corrected chi connectivity index (χ1v) is 8.34. The number of piperidine rings is 1. The van der Waals surface area contributed by atoms with Crippen molar-refractivity contribution in [3.05, 3.63) is 35.7 Å². The minimum absolute atomic E-state index is 0.248.